The number of hydrogen-bond donors (Lipinski definition) is 1. The van der Waals surface area contributed by atoms with E-state index in [2.05, 4.69) is 20.1 Å². The average molecular weight is 522 g/mol. The first kappa shape index (κ1) is 25.2. The number of nitrogens with zero attached hydrogens (tertiary/aromatic N) is 4. The van der Waals surface area contributed by atoms with Gasteiger partial charge in [-0.2, -0.15) is 5.10 Å². The molecule has 36 heavy (non-hydrogen) atoms. The minimum Gasteiger partial charge on any atom is -0.318 e. The molecule has 0 aliphatic rings. The first-order valence-electron chi connectivity index (χ1n) is 11.0. The summed E-state index contributed by atoms with van der Waals surface area (Å²) in [5.41, 5.74) is 6.10. The molecule has 2 aromatic carbocycles. The van der Waals surface area contributed by atoms with Crippen molar-refractivity contribution in [1.82, 2.24) is 15.0 Å². The second-order valence-corrected chi connectivity index (χ2v) is 10.2. The largest absolute Gasteiger partial charge is 0.318 e. The molecule has 0 aliphatic heterocycles. The lowest BCUT2D eigenvalue weighted by molar-refractivity contribution is -0.119. The predicted octanol–water partition coefficient (Wildman–Crippen LogP) is 4.49. The molecule has 0 bridgehead atoms. The number of halogens is 1. The Hall–Kier alpha value is -3.95. The molecule has 0 unspecified atom stereocenters. The average Bonchev–Trinajstić information content (AvgIpc) is 3.16. The number of carbonyl (C=O) groups is 1. The Labute approximate surface area is 214 Å². The normalized spacial score (nSPS) is 11.5. The molecule has 0 radical (unpaired) electrons. The Kier molecular flexibility index (Phi) is 7.52. The number of anilines is 1. The maximum Gasteiger partial charge on any atom is 0.265 e. The number of aromatic nitrogens is 2. The van der Waals surface area contributed by atoms with Gasteiger partial charge in [-0.1, -0.05) is 35.9 Å². The quantitative estimate of drug-likeness (QED) is 0.273. The van der Waals surface area contributed by atoms with Crippen LogP contribution in [0.5, 0.6) is 0 Å². The molecule has 2 aromatic heterocycles. The van der Waals surface area contributed by atoms with E-state index in [4.69, 9.17) is 11.6 Å². The number of pyridine rings is 1. The number of aryl methyl sites for hydroxylation is 1. The second kappa shape index (κ2) is 10.8. The van der Waals surface area contributed by atoms with Crippen LogP contribution in [0.25, 0.3) is 5.69 Å². The van der Waals surface area contributed by atoms with E-state index in [0.717, 1.165) is 26.9 Å². The molecule has 0 saturated carbocycles. The van der Waals surface area contributed by atoms with E-state index in [-0.39, 0.29) is 10.7 Å². The molecule has 0 spiro atoms. The minimum atomic E-state index is -4.02. The SMILES string of the molecule is Cc1cc(/C=N/NC(=O)CN(c2ccccn2)S(=O)(=O)c2ccccc2)c(C)n1-c1ccc(Cl)cc1. The molecule has 0 fully saturated rings. The Morgan fingerprint density at radius 3 is 2.42 bits per heavy atom. The van der Waals surface area contributed by atoms with Crippen molar-refractivity contribution >= 4 is 39.6 Å². The molecule has 4 aromatic rings. The highest BCUT2D eigenvalue weighted by molar-refractivity contribution is 7.92. The number of hydrazone groups is 1. The Morgan fingerprint density at radius 2 is 1.75 bits per heavy atom. The van der Waals surface area contributed by atoms with E-state index in [1.54, 1.807) is 30.3 Å². The third-order valence-electron chi connectivity index (χ3n) is 5.47. The van der Waals surface area contributed by atoms with Gasteiger partial charge in [0.05, 0.1) is 11.1 Å². The molecule has 0 aliphatic carbocycles. The zero-order valence-corrected chi connectivity index (χ0v) is 21.2. The summed E-state index contributed by atoms with van der Waals surface area (Å²) in [5.74, 6) is -0.477. The van der Waals surface area contributed by atoms with Crippen molar-refractivity contribution in [1.29, 1.82) is 0 Å². The van der Waals surface area contributed by atoms with Crippen LogP contribution in [0.3, 0.4) is 0 Å². The van der Waals surface area contributed by atoms with Crippen molar-refractivity contribution in [3.63, 3.8) is 0 Å². The summed E-state index contributed by atoms with van der Waals surface area (Å²) in [6.07, 6.45) is 3.00. The molecular weight excluding hydrogens is 498 g/mol. The van der Waals surface area contributed by atoms with Crippen LogP contribution in [-0.2, 0) is 14.8 Å². The van der Waals surface area contributed by atoms with Gasteiger partial charge in [-0.25, -0.2) is 23.1 Å². The lowest BCUT2D eigenvalue weighted by Gasteiger charge is -2.22. The van der Waals surface area contributed by atoms with Gasteiger partial charge >= 0.3 is 0 Å². The van der Waals surface area contributed by atoms with Gasteiger partial charge in [0.2, 0.25) is 0 Å². The van der Waals surface area contributed by atoms with Gasteiger partial charge in [-0.05, 0) is 68.4 Å². The number of benzene rings is 2. The van der Waals surface area contributed by atoms with Crippen molar-refractivity contribution in [3.8, 4) is 5.69 Å². The van der Waals surface area contributed by atoms with Crippen LogP contribution in [0.15, 0.2) is 95.1 Å². The summed E-state index contributed by atoms with van der Waals surface area (Å²) < 4.78 is 29.5. The predicted molar refractivity (Wildman–Crippen MR) is 141 cm³/mol. The van der Waals surface area contributed by atoms with Crippen LogP contribution in [-0.4, -0.2) is 36.6 Å². The van der Waals surface area contributed by atoms with Crippen LogP contribution in [0, 0.1) is 13.8 Å². The van der Waals surface area contributed by atoms with Crippen molar-refractivity contribution in [3.05, 3.63) is 107 Å². The Balaban J connectivity index is 1.52. The number of nitrogens with one attached hydrogen (secondary N) is 1. The van der Waals surface area contributed by atoms with Crippen molar-refractivity contribution in [2.45, 2.75) is 18.7 Å². The first-order valence-corrected chi connectivity index (χ1v) is 12.8. The van der Waals surface area contributed by atoms with Crippen LogP contribution in [0.1, 0.15) is 17.0 Å². The van der Waals surface area contributed by atoms with Gasteiger partial charge in [0.1, 0.15) is 12.4 Å². The fraction of sp³-hybridized carbons (Fsp3) is 0.115. The summed E-state index contributed by atoms with van der Waals surface area (Å²) in [4.78, 5) is 16.9. The molecular formula is C26H24ClN5O3S. The van der Waals surface area contributed by atoms with Gasteiger partial charge in [0.25, 0.3) is 15.9 Å². The maximum atomic E-state index is 13.3. The van der Waals surface area contributed by atoms with E-state index in [1.165, 1.54) is 30.6 Å². The van der Waals surface area contributed by atoms with Crippen LogP contribution in [0.4, 0.5) is 5.82 Å². The van der Waals surface area contributed by atoms with Gasteiger partial charge in [0, 0.05) is 33.9 Å². The summed E-state index contributed by atoms with van der Waals surface area (Å²) in [6, 6.07) is 22.2. The summed E-state index contributed by atoms with van der Waals surface area (Å²) in [7, 11) is -4.02. The molecule has 0 atom stereocenters. The molecule has 184 valence electrons. The van der Waals surface area contributed by atoms with Gasteiger partial charge in [-0.3, -0.25) is 4.79 Å². The van der Waals surface area contributed by atoms with E-state index in [1.807, 2.05) is 44.2 Å². The van der Waals surface area contributed by atoms with Crippen LogP contribution < -0.4 is 9.73 Å². The summed E-state index contributed by atoms with van der Waals surface area (Å²) in [6.45, 7) is 3.42. The van der Waals surface area contributed by atoms with Gasteiger partial charge in [-0.15, -0.1) is 0 Å². The fourth-order valence-corrected chi connectivity index (χ4v) is 5.28. The molecule has 4 rings (SSSR count). The lowest BCUT2D eigenvalue weighted by Crippen LogP contribution is -2.40. The standard InChI is InChI=1S/C26H24ClN5O3S/c1-19-16-21(20(2)32(19)23-13-11-22(27)12-14-23)17-29-30-26(33)18-31(25-10-6-7-15-28-25)36(34,35)24-8-4-3-5-9-24/h3-17H,18H2,1-2H3,(H,30,33)/b29-17+. The minimum absolute atomic E-state index is 0.0570. The van der Waals surface area contributed by atoms with E-state index in [0.29, 0.717) is 5.02 Å². The number of rotatable bonds is 8. The van der Waals surface area contributed by atoms with E-state index in [9.17, 15) is 13.2 Å². The van der Waals surface area contributed by atoms with Gasteiger partial charge in [0.15, 0.2) is 0 Å². The molecule has 2 heterocycles. The van der Waals surface area contributed by atoms with Crippen LogP contribution >= 0.6 is 11.6 Å². The number of carbonyl (C=O) groups excluding carboxylic acids is 1. The van der Waals surface area contributed by atoms with E-state index < -0.39 is 22.5 Å². The summed E-state index contributed by atoms with van der Waals surface area (Å²) >= 11 is 6.00. The van der Waals surface area contributed by atoms with Crippen molar-refractivity contribution < 1.29 is 13.2 Å². The Morgan fingerprint density at radius 1 is 1.06 bits per heavy atom. The lowest BCUT2D eigenvalue weighted by atomic mass is 10.2. The monoisotopic (exact) mass is 521 g/mol. The highest BCUT2D eigenvalue weighted by Gasteiger charge is 2.27. The highest BCUT2D eigenvalue weighted by atomic mass is 35.5. The van der Waals surface area contributed by atoms with Crippen molar-refractivity contribution in [2.24, 2.45) is 5.10 Å². The zero-order chi connectivity index (χ0) is 25.7. The molecule has 0 saturated heterocycles. The topological polar surface area (TPSA) is 96.7 Å². The number of sulfonamides is 1. The van der Waals surface area contributed by atoms with Crippen molar-refractivity contribution in [2.75, 3.05) is 10.8 Å². The third kappa shape index (κ3) is 5.48. The smallest absolute Gasteiger partial charge is 0.265 e. The Bertz CT molecular complexity index is 1490. The fourth-order valence-electron chi connectivity index (χ4n) is 3.76. The first-order chi connectivity index (χ1) is 17.3. The van der Waals surface area contributed by atoms with Crippen LogP contribution in [0.2, 0.25) is 5.02 Å². The molecule has 1 amide bonds. The molecule has 8 nitrogen and oxygen atoms in total. The maximum absolute atomic E-state index is 13.3. The number of hydrogen-bond acceptors (Lipinski definition) is 5. The third-order valence-corrected chi connectivity index (χ3v) is 7.49. The highest BCUT2D eigenvalue weighted by Crippen LogP contribution is 2.22. The number of amides is 1. The van der Waals surface area contributed by atoms with E-state index >= 15 is 0 Å². The molecule has 10 heteroatoms. The second-order valence-electron chi connectivity index (χ2n) is 7.94. The molecule has 1 N–H and O–H groups in total. The van der Waals surface area contributed by atoms with Gasteiger partial charge < -0.3 is 4.57 Å². The zero-order valence-electron chi connectivity index (χ0n) is 19.7. The summed E-state index contributed by atoms with van der Waals surface area (Å²) in [5, 5.41) is 4.72.